The highest BCUT2D eigenvalue weighted by Gasteiger charge is 2.32. The van der Waals surface area contributed by atoms with Crippen molar-refractivity contribution in [2.45, 2.75) is 13.8 Å². The second-order valence-electron chi connectivity index (χ2n) is 5.16. The lowest BCUT2D eigenvalue weighted by atomic mass is 9.81. The predicted molar refractivity (Wildman–Crippen MR) is 77.4 cm³/mol. The first-order valence-corrected chi connectivity index (χ1v) is 6.56. The van der Waals surface area contributed by atoms with Gasteiger partial charge < -0.3 is 9.84 Å². The second kappa shape index (κ2) is 4.45. The second-order valence-corrected chi connectivity index (χ2v) is 5.16. The van der Waals surface area contributed by atoms with Gasteiger partial charge in [-0.05, 0) is 43.7 Å². The van der Waals surface area contributed by atoms with Crippen LogP contribution in [0, 0.1) is 13.8 Å². The summed E-state index contributed by atoms with van der Waals surface area (Å²) in [5, 5.41) is 9.78. The Morgan fingerprint density at radius 2 is 1.62 bits per heavy atom. The van der Waals surface area contributed by atoms with E-state index in [1.54, 1.807) is 19.1 Å². The summed E-state index contributed by atoms with van der Waals surface area (Å²) in [4.78, 5) is 25.3. The zero-order chi connectivity index (χ0) is 15.3. The van der Waals surface area contributed by atoms with Crippen LogP contribution < -0.4 is 4.74 Å². The van der Waals surface area contributed by atoms with Crippen molar-refractivity contribution >= 4 is 11.6 Å². The van der Waals surface area contributed by atoms with Crippen LogP contribution in [0.15, 0.2) is 24.3 Å². The standard InChI is InChI=1S/C17H14O4/c1-8-6-11-12(7-14(8)21-3)17(20)15-9(2)13(18)5-4-10(15)16(11)19/h4-7,18H,1-3H3. The monoisotopic (exact) mass is 282 g/mol. The van der Waals surface area contributed by atoms with Gasteiger partial charge in [0.25, 0.3) is 0 Å². The lowest BCUT2D eigenvalue weighted by molar-refractivity contribution is 0.0978. The number of aromatic hydroxyl groups is 1. The lowest BCUT2D eigenvalue weighted by Crippen LogP contribution is -2.22. The van der Waals surface area contributed by atoms with Gasteiger partial charge in [0.05, 0.1) is 7.11 Å². The van der Waals surface area contributed by atoms with Crippen molar-refractivity contribution in [2.75, 3.05) is 7.11 Å². The SMILES string of the molecule is COc1cc2c(cc1C)C(=O)c1ccc(O)c(C)c1C2=O. The van der Waals surface area contributed by atoms with E-state index in [0.717, 1.165) is 5.56 Å². The van der Waals surface area contributed by atoms with Crippen molar-refractivity contribution in [3.63, 3.8) is 0 Å². The molecule has 0 radical (unpaired) electrons. The summed E-state index contributed by atoms with van der Waals surface area (Å²) in [6.45, 7) is 3.46. The number of carbonyl (C=O) groups is 2. The van der Waals surface area contributed by atoms with E-state index < -0.39 is 0 Å². The topological polar surface area (TPSA) is 63.6 Å². The maximum atomic E-state index is 12.7. The van der Waals surface area contributed by atoms with Gasteiger partial charge in [-0.15, -0.1) is 0 Å². The van der Waals surface area contributed by atoms with Crippen molar-refractivity contribution in [1.82, 2.24) is 0 Å². The Balaban J connectivity index is 2.33. The summed E-state index contributed by atoms with van der Waals surface area (Å²) in [5.74, 6) is 0.119. The Kier molecular flexibility index (Phi) is 2.83. The quantitative estimate of drug-likeness (QED) is 0.745. The van der Waals surface area contributed by atoms with Crippen LogP contribution in [0.4, 0.5) is 0 Å². The Bertz CT molecular complexity index is 803. The fourth-order valence-corrected chi connectivity index (χ4v) is 2.75. The molecule has 0 atom stereocenters. The largest absolute Gasteiger partial charge is 0.508 e. The number of phenols is 1. The van der Waals surface area contributed by atoms with Crippen molar-refractivity contribution in [3.05, 3.63) is 57.6 Å². The highest BCUT2D eigenvalue weighted by molar-refractivity contribution is 6.29. The molecular weight excluding hydrogens is 268 g/mol. The fourth-order valence-electron chi connectivity index (χ4n) is 2.75. The molecule has 0 bridgehead atoms. The summed E-state index contributed by atoms with van der Waals surface area (Å²) in [5.41, 5.74) is 2.55. The van der Waals surface area contributed by atoms with E-state index in [-0.39, 0.29) is 22.9 Å². The molecule has 106 valence electrons. The summed E-state index contributed by atoms with van der Waals surface area (Å²) < 4.78 is 5.22. The molecule has 2 aromatic carbocycles. The number of ketones is 2. The van der Waals surface area contributed by atoms with Crippen molar-refractivity contribution in [2.24, 2.45) is 0 Å². The minimum absolute atomic E-state index is 0.0115. The van der Waals surface area contributed by atoms with E-state index in [4.69, 9.17) is 4.74 Å². The van der Waals surface area contributed by atoms with E-state index in [0.29, 0.717) is 28.0 Å². The smallest absolute Gasteiger partial charge is 0.195 e. The summed E-state index contributed by atoms with van der Waals surface area (Å²) in [6, 6.07) is 6.22. The molecule has 0 saturated heterocycles. The molecule has 0 aromatic heterocycles. The molecule has 21 heavy (non-hydrogen) atoms. The number of phenolic OH excluding ortho intramolecular Hbond substituents is 1. The molecule has 0 aliphatic heterocycles. The van der Waals surface area contributed by atoms with E-state index in [1.807, 2.05) is 6.92 Å². The predicted octanol–water partition coefficient (Wildman–Crippen LogP) is 2.79. The zero-order valence-corrected chi connectivity index (χ0v) is 12.0. The number of carbonyl (C=O) groups excluding carboxylic acids is 2. The van der Waals surface area contributed by atoms with Gasteiger partial charge >= 0.3 is 0 Å². The minimum atomic E-state index is -0.258. The normalized spacial score (nSPS) is 12.9. The number of methoxy groups -OCH3 is 1. The Labute approximate surface area is 122 Å². The van der Waals surface area contributed by atoms with Crippen LogP contribution >= 0.6 is 0 Å². The highest BCUT2D eigenvalue weighted by atomic mass is 16.5. The number of ether oxygens (including phenoxy) is 1. The van der Waals surface area contributed by atoms with Gasteiger partial charge in [0, 0.05) is 27.8 Å². The zero-order valence-electron chi connectivity index (χ0n) is 12.0. The molecule has 0 unspecified atom stereocenters. The van der Waals surface area contributed by atoms with Crippen LogP contribution in [-0.4, -0.2) is 23.8 Å². The molecule has 4 nitrogen and oxygen atoms in total. The van der Waals surface area contributed by atoms with Gasteiger partial charge in [-0.3, -0.25) is 9.59 Å². The van der Waals surface area contributed by atoms with Crippen molar-refractivity contribution in [3.8, 4) is 11.5 Å². The molecule has 0 fully saturated rings. The van der Waals surface area contributed by atoms with Crippen LogP contribution in [0.1, 0.15) is 43.0 Å². The Morgan fingerprint density at radius 3 is 2.29 bits per heavy atom. The average molecular weight is 282 g/mol. The van der Waals surface area contributed by atoms with Crippen molar-refractivity contribution < 1.29 is 19.4 Å². The Hall–Kier alpha value is -2.62. The van der Waals surface area contributed by atoms with Gasteiger partial charge in [0.1, 0.15) is 11.5 Å². The lowest BCUT2D eigenvalue weighted by Gasteiger charge is -2.21. The maximum Gasteiger partial charge on any atom is 0.195 e. The van der Waals surface area contributed by atoms with E-state index in [9.17, 15) is 14.7 Å². The first-order valence-electron chi connectivity index (χ1n) is 6.56. The highest BCUT2D eigenvalue weighted by Crippen LogP contribution is 2.35. The molecule has 1 aliphatic carbocycles. The molecular formula is C17H14O4. The van der Waals surface area contributed by atoms with Gasteiger partial charge in [-0.2, -0.15) is 0 Å². The Morgan fingerprint density at radius 1 is 0.952 bits per heavy atom. The number of rotatable bonds is 1. The summed E-state index contributed by atoms with van der Waals surface area (Å²) in [7, 11) is 1.52. The third-order valence-electron chi connectivity index (χ3n) is 3.93. The molecule has 2 aromatic rings. The van der Waals surface area contributed by atoms with E-state index in [2.05, 4.69) is 0 Å². The van der Waals surface area contributed by atoms with Gasteiger partial charge in [0.2, 0.25) is 0 Å². The summed E-state index contributed by atoms with van der Waals surface area (Å²) >= 11 is 0. The number of benzene rings is 2. The molecule has 1 N–H and O–H groups in total. The molecule has 1 aliphatic rings. The van der Waals surface area contributed by atoms with Crippen LogP contribution in [0.3, 0.4) is 0 Å². The molecule has 3 rings (SSSR count). The minimum Gasteiger partial charge on any atom is -0.508 e. The van der Waals surface area contributed by atoms with E-state index in [1.165, 1.54) is 19.2 Å². The molecule has 4 heteroatoms. The third-order valence-corrected chi connectivity index (χ3v) is 3.93. The molecule has 0 heterocycles. The number of hydrogen-bond acceptors (Lipinski definition) is 4. The molecule has 0 saturated carbocycles. The first kappa shape index (κ1) is 13.4. The van der Waals surface area contributed by atoms with Gasteiger partial charge in [0.15, 0.2) is 11.6 Å². The number of hydrogen-bond donors (Lipinski definition) is 1. The fraction of sp³-hybridized carbons (Fsp3) is 0.176. The van der Waals surface area contributed by atoms with E-state index >= 15 is 0 Å². The van der Waals surface area contributed by atoms with Crippen LogP contribution in [0.25, 0.3) is 0 Å². The molecule has 0 amide bonds. The van der Waals surface area contributed by atoms with Crippen LogP contribution in [0.5, 0.6) is 11.5 Å². The number of aryl methyl sites for hydroxylation is 1. The van der Waals surface area contributed by atoms with Crippen LogP contribution in [0.2, 0.25) is 0 Å². The number of fused-ring (bicyclic) bond motifs is 2. The first-order chi connectivity index (χ1) is 9.95. The third kappa shape index (κ3) is 1.76. The van der Waals surface area contributed by atoms with Crippen LogP contribution in [-0.2, 0) is 0 Å². The van der Waals surface area contributed by atoms with Crippen molar-refractivity contribution in [1.29, 1.82) is 0 Å². The average Bonchev–Trinajstić information content (AvgIpc) is 2.47. The summed E-state index contributed by atoms with van der Waals surface area (Å²) in [6.07, 6.45) is 0. The molecule has 0 spiro atoms. The maximum absolute atomic E-state index is 12.7. The van der Waals surface area contributed by atoms with Gasteiger partial charge in [-0.25, -0.2) is 0 Å². The van der Waals surface area contributed by atoms with Gasteiger partial charge in [-0.1, -0.05) is 0 Å².